The summed E-state index contributed by atoms with van der Waals surface area (Å²) in [5.41, 5.74) is 7.68. The van der Waals surface area contributed by atoms with Gasteiger partial charge in [0.05, 0.1) is 0 Å². The zero-order valence-corrected chi connectivity index (χ0v) is 21.7. The summed E-state index contributed by atoms with van der Waals surface area (Å²) in [4.78, 5) is 13.5. The first-order valence-corrected chi connectivity index (χ1v) is 13.4. The smallest absolute Gasteiger partial charge is 0.251 e. The lowest BCUT2D eigenvalue weighted by molar-refractivity contribution is 0.0254. The fourth-order valence-electron chi connectivity index (χ4n) is 7.11. The highest BCUT2D eigenvalue weighted by atomic mass is 16.1. The Morgan fingerprint density at radius 2 is 1.71 bits per heavy atom. The van der Waals surface area contributed by atoms with Crippen molar-refractivity contribution in [1.29, 1.82) is 0 Å². The SMILES string of the molecule is CC(C)c1ccc2c(c1)[C@]1(C)CCC[C@](C)(CNC(=O)c3ccccc3-c3ccccc3)[C@@H]1CC2. The van der Waals surface area contributed by atoms with E-state index in [2.05, 4.69) is 63.3 Å². The maximum Gasteiger partial charge on any atom is 0.251 e. The van der Waals surface area contributed by atoms with Gasteiger partial charge >= 0.3 is 0 Å². The molecule has 0 radical (unpaired) electrons. The first-order valence-electron chi connectivity index (χ1n) is 13.4. The third kappa shape index (κ3) is 4.33. The summed E-state index contributed by atoms with van der Waals surface area (Å²) < 4.78 is 0. The third-order valence-electron chi connectivity index (χ3n) is 9.08. The van der Waals surface area contributed by atoms with Gasteiger partial charge in [-0.05, 0) is 82.2 Å². The van der Waals surface area contributed by atoms with Gasteiger partial charge in [-0.3, -0.25) is 4.79 Å². The van der Waals surface area contributed by atoms with E-state index in [0.717, 1.165) is 29.7 Å². The normalized spacial score (nSPS) is 25.6. The van der Waals surface area contributed by atoms with Crippen molar-refractivity contribution >= 4 is 5.91 Å². The highest BCUT2D eigenvalue weighted by molar-refractivity contribution is 6.00. The molecule has 0 aliphatic heterocycles. The monoisotopic (exact) mass is 465 g/mol. The molecule has 0 heterocycles. The van der Waals surface area contributed by atoms with Crippen LogP contribution in [0.3, 0.4) is 0 Å². The van der Waals surface area contributed by atoms with Crippen LogP contribution in [0, 0.1) is 11.3 Å². The molecule has 1 N–H and O–H groups in total. The Kier molecular flexibility index (Phi) is 6.34. The number of nitrogens with one attached hydrogen (secondary N) is 1. The minimum atomic E-state index is 0.0382. The quantitative estimate of drug-likeness (QED) is 0.407. The molecule has 2 heteroatoms. The number of amides is 1. The van der Waals surface area contributed by atoms with Gasteiger partial charge in [0.25, 0.3) is 5.91 Å². The van der Waals surface area contributed by atoms with Gasteiger partial charge in [0, 0.05) is 12.1 Å². The standard InChI is InChI=1S/C33H39NO/c1-23(2)26-16-15-25-17-18-30-32(3,19-10-20-33(30,4)29(25)21-26)22-34-31(35)28-14-9-8-13-27(28)24-11-6-5-7-12-24/h5-9,11-16,21,23,30H,10,17-20,22H2,1-4H3,(H,34,35)/t30-,32+,33-/m0/s1. The Morgan fingerprint density at radius 3 is 2.49 bits per heavy atom. The van der Waals surface area contributed by atoms with E-state index < -0.39 is 0 Å². The Morgan fingerprint density at radius 1 is 0.971 bits per heavy atom. The molecular weight excluding hydrogens is 426 g/mol. The fourth-order valence-corrected chi connectivity index (χ4v) is 7.11. The van der Waals surface area contributed by atoms with Gasteiger partial charge in [-0.2, -0.15) is 0 Å². The van der Waals surface area contributed by atoms with E-state index in [1.165, 1.54) is 31.2 Å². The van der Waals surface area contributed by atoms with Crippen LogP contribution in [0.4, 0.5) is 0 Å². The molecule has 1 saturated carbocycles. The fraction of sp³-hybridized carbons (Fsp3) is 0.424. The second-order valence-electron chi connectivity index (χ2n) is 11.7. The molecule has 1 amide bonds. The number of fused-ring (bicyclic) bond motifs is 3. The molecule has 3 atom stereocenters. The molecule has 0 unspecified atom stereocenters. The third-order valence-corrected chi connectivity index (χ3v) is 9.08. The molecule has 35 heavy (non-hydrogen) atoms. The van der Waals surface area contributed by atoms with Gasteiger partial charge in [-0.25, -0.2) is 0 Å². The Hall–Kier alpha value is -2.87. The summed E-state index contributed by atoms with van der Waals surface area (Å²) in [5, 5.41) is 3.38. The number of hydrogen-bond donors (Lipinski definition) is 1. The number of aryl methyl sites for hydroxylation is 1. The summed E-state index contributed by atoms with van der Waals surface area (Å²) in [6, 6.07) is 25.4. The van der Waals surface area contributed by atoms with Crippen molar-refractivity contribution in [3.8, 4) is 11.1 Å². The lowest BCUT2D eigenvalue weighted by Crippen LogP contribution is -2.53. The van der Waals surface area contributed by atoms with E-state index in [9.17, 15) is 4.79 Å². The van der Waals surface area contributed by atoms with Crippen LogP contribution < -0.4 is 5.32 Å². The molecule has 2 nitrogen and oxygen atoms in total. The van der Waals surface area contributed by atoms with Gasteiger partial charge < -0.3 is 5.32 Å². The van der Waals surface area contributed by atoms with Crippen LogP contribution in [-0.2, 0) is 11.8 Å². The van der Waals surface area contributed by atoms with Gasteiger partial charge in [0.1, 0.15) is 0 Å². The van der Waals surface area contributed by atoms with Crippen molar-refractivity contribution in [3.63, 3.8) is 0 Å². The molecule has 3 aromatic rings. The van der Waals surface area contributed by atoms with Crippen molar-refractivity contribution in [3.05, 3.63) is 95.1 Å². The van der Waals surface area contributed by atoms with Crippen molar-refractivity contribution in [1.82, 2.24) is 5.32 Å². The second kappa shape index (κ2) is 9.30. The van der Waals surface area contributed by atoms with Crippen LogP contribution in [0.5, 0.6) is 0 Å². The lowest BCUT2D eigenvalue weighted by atomic mass is 9.49. The number of hydrogen-bond acceptors (Lipinski definition) is 1. The average Bonchev–Trinajstić information content (AvgIpc) is 2.87. The summed E-state index contributed by atoms with van der Waals surface area (Å²) in [7, 11) is 0. The average molecular weight is 466 g/mol. The summed E-state index contributed by atoms with van der Waals surface area (Å²) >= 11 is 0. The number of carbonyl (C=O) groups is 1. The summed E-state index contributed by atoms with van der Waals surface area (Å²) in [5.74, 6) is 1.16. The summed E-state index contributed by atoms with van der Waals surface area (Å²) in [6.07, 6.45) is 5.98. The van der Waals surface area contributed by atoms with Crippen molar-refractivity contribution in [2.45, 2.75) is 71.1 Å². The van der Waals surface area contributed by atoms with Crippen LogP contribution in [0.1, 0.15) is 86.3 Å². The van der Waals surface area contributed by atoms with E-state index in [1.807, 2.05) is 42.5 Å². The van der Waals surface area contributed by atoms with Crippen LogP contribution >= 0.6 is 0 Å². The molecule has 0 saturated heterocycles. The predicted molar refractivity (Wildman–Crippen MR) is 146 cm³/mol. The van der Waals surface area contributed by atoms with E-state index in [4.69, 9.17) is 0 Å². The Bertz CT molecular complexity index is 1210. The van der Waals surface area contributed by atoms with Gasteiger partial charge in [0.2, 0.25) is 0 Å². The predicted octanol–water partition coefficient (Wildman–Crippen LogP) is 7.92. The molecule has 0 bridgehead atoms. The Balaban J connectivity index is 1.40. The minimum absolute atomic E-state index is 0.0382. The molecule has 5 rings (SSSR count). The van der Waals surface area contributed by atoms with Crippen molar-refractivity contribution in [2.75, 3.05) is 6.54 Å². The van der Waals surface area contributed by atoms with Gasteiger partial charge in [-0.15, -0.1) is 0 Å². The number of rotatable bonds is 5. The van der Waals surface area contributed by atoms with Gasteiger partial charge in [0.15, 0.2) is 0 Å². The van der Waals surface area contributed by atoms with E-state index >= 15 is 0 Å². The minimum Gasteiger partial charge on any atom is -0.351 e. The van der Waals surface area contributed by atoms with Crippen LogP contribution in [-0.4, -0.2) is 12.5 Å². The van der Waals surface area contributed by atoms with Crippen LogP contribution in [0.25, 0.3) is 11.1 Å². The molecule has 0 aromatic heterocycles. The van der Waals surface area contributed by atoms with Crippen LogP contribution in [0.2, 0.25) is 0 Å². The molecule has 2 aliphatic rings. The molecule has 0 spiro atoms. The zero-order chi connectivity index (χ0) is 24.6. The topological polar surface area (TPSA) is 29.1 Å². The Labute approximate surface area is 211 Å². The molecule has 1 fully saturated rings. The lowest BCUT2D eigenvalue weighted by Gasteiger charge is -2.55. The zero-order valence-electron chi connectivity index (χ0n) is 21.7. The molecule has 182 valence electrons. The van der Waals surface area contributed by atoms with E-state index in [-0.39, 0.29) is 16.7 Å². The number of benzene rings is 3. The first-order chi connectivity index (χ1) is 16.8. The van der Waals surface area contributed by atoms with Crippen molar-refractivity contribution < 1.29 is 4.79 Å². The maximum absolute atomic E-state index is 13.5. The highest BCUT2D eigenvalue weighted by Gasteiger charge is 2.51. The van der Waals surface area contributed by atoms with Crippen LogP contribution in [0.15, 0.2) is 72.8 Å². The number of carbonyl (C=O) groups excluding carboxylic acids is 1. The van der Waals surface area contributed by atoms with Crippen molar-refractivity contribution in [2.24, 2.45) is 11.3 Å². The van der Waals surface area contributed by atoms with E-state index in [1.54, 1.807) is 11.1 Å². The maximum atomic E-state index is 13.5. The first kappa shape index (κ1) is 23.9. The molecular formula is C33H39NO. The molecule has 3 aromatic carbocycles. The molecule has 2 aliphatic carbocycles. The largest absolute Gasteiger partial charge is 0.351 e. The summed E-state index contributed by atoms with van der Waals surface area (Å²) in [6.45, 7) is 10.2. The highest BCUT2D eigenvalue weighted by Crippen LogP contribution is 2.57. The van der Waals surface area contributed by atoms with Gasteiger partial charge in [-0.1, -0.05) is 101 Å². The van der Waals surface area contributed by atoms with E-state index in [0.29, 0.717) is 11.8 Å². The second-order valence-corrected chi connectivity index (χ2v) is 11.7.